The van der Waals surface area contributed by atoms with Crippen LogP contribution in [0.2, 0.25) is 0 Å². The van der Waals surface area contributed by atoms with Crippen molar-refractivity contribution >= 4 is 23.2 Å². The monoisotopic (exact) mass is 295 g/mol. The number of carbonyl (C=O) groups is 1. The van der Waals surface area contributed by atoms with Crippen molar-refractivity contribution < 1.29 is 9.53 Å². The number of benzene rings is 1. The molecule has 1 fully saturated rings. The van der Waals surface area contributed by atoms with E-state index in [4.69, 9.17) is 4.74 Å². The van der Waals surface area contributed by atoms with Gasteiger partial charge in [-0.25, -0.2) is 4.99 Å². The molecule has 0 unspecified atom stereocenters. The van der Waals surface area contributed by atoms with E-state index in [1.165, 1.54) is 6.40 Å². The van der Waals surface area contributed by atoms with Crippen LogP contribution >= 0.6 is 0 Å². The second-order valence-corrected chi connectivity index (χ2v) is 5.75. The Morgan fingerprint density at radius 2 is 2.05 bits per heavy atom. The lowest BCUT2D eigenvalue weighted by atomic mass is 10.0. The highest BCUT2D eigenvalue weighted by molar-refractivity contribution is 5.86. The number of pyridine rings is 1. The van der Waals surface area contributed by atoms with Crippen molar-refractivity contribution in [2.24, 2.45) is 4.99 Å². The van der Waals surface area contributed by atoms with Crippen molar-refractivity contribution in [3.8, 4) is 0 Å². The molecule has 22 heavy (non-hydrogen) atoms. The first-order chi connectivity index (χ1) is 10.8. The third-order valence-electron chi connectivity index (χ3n) is 4.33. The maximum Gasteiger partial charge on any atom is 0.251 e. The van der Waals surface area contributed by atoms with E-state index in [1.807, 2.05) is 35.2 Å². The predicted octanol–water partition coefficient (Wildman–Crippen LogP) is 2.33. The lowest BCUT2D eigenvalue weighted by Gasteiger charge is -2.22. The summed E-state index contributed by atoms with van der Waals surface area (Å²) >= 11 is 0. The van der Waals surface area contributed by atoms with Crippen LogP contribution in [-0.2, 0) is 9.53 Å². The number of amides is 1. The first-order valence-corrected chi connectivity index (χ1v) is 7.63. The molecule has 0 radical (unpaired) electrons. The van der Waals surface area contributed by atoms with Crippen LogP contribution in [0.15, 0.2) is 41.5 Å². The van der Waals surface area contributed by atoms with E-state index in [1.54, 1.807) is 6.20 Å². The molecule has 1 amide bonds. The molecular formula is C17H17N3O2. The van der Waals surface area contributed by atoms with Crippen LogP contribution in [0.25, 0.3) is 10.9 Å². The number of ether oxygens (including phenoxy) is 1. The van der Waals surface area contributed by atoms with E-state index in [-0.39, 0.29) is 12.0 Å². The van der Waals surface area contributed by atoms with Crippen molar-refractivity contribution in [2.45, 2.75) is 25.0 Å². The Labute approximate surface area is 128 Å². The molecule has 1 aromatic carbocycles. The summed E-state index contributed by atoms with van der Waals surface area (Å²) in [5, 5.41) is 1.04. The van der Waals surface area contributed by atoms with Gasteiger partial charge in [0.05, 0.1) is 5.52 Å². The second-order valence-electron chi connectivity index (χ2n) is 5.75. The Kier molecular flexibility index (Phi) is 3.25. The van der Waals surface area contributed by atoms with Gasteiger partial charge in [0.1, 0.15) is 0 Å². The van der Waals surface area contributed by atoms with Crippen molar-refractivity contribution in [3.63, 3.8) is 0 Å². The smallest absolute Gasteiger partial charge is 0.251 e. The van der Waals surface area contributed by atoms with Gasteiger partial charge in [0.2, 0.25) is 0 Å². The summed E-state index contributed by atoms with van der Waals surface area (Å²) in [5.41, 5.74) is 1.83. The number of fused-ring (bicyclic) bond motifs is 1. The van der Waals surface area contributed by atoms with Crippen molar-refractivity contribution in [3.05, 3.63) is 42.1 Å². The lowest BCUT2D eigenvalue weighted by molar-refractivity contribution is -0.133. The summed E-state index contributed by atoms with van der Waals surface area (Å²) in [4.78, 5) is 23.2. The molecule has 112 valence electrons. The Morgan fingerprint density at radius 1 is 1.23 bits per heavy atom. The van der Waals surface area contributed by atoms with Crippen molar-refractivity contribution in [2.75, 3.05) is 13.1 Å². The average molecular weight is 295 g/mol. The number of aliphatic imine (C=N–C) groups is 1. The summed E-state index contributed by atoms with van der Waals surface area (Å²) in [6, 6.07) is 9.47. The van der Waals surface area contributed by atoms with Crippen molar-refractivity contribution in [1.82, 2.24) is 9.88 Å². The Morgan fingerprint density at radius 3 is 2.91 bits per heavy atom. The van der Waals surface area contributed by atoms with Gasteiger partial charge in [0, 0.05) is 30.2 Å². The third kappa shape index (κ3) is 2.22. The topological polar surface area (TPSA) is 54.8 Å². The SMILES string of the molecule is O=C([C@H]1N=CO[C@@H]1c1cnc2ccccc2c1)N1CCCC1. The van der Waals surface area contributed by atoms with Crippen LogP contribution in [0.5, 0.6) is 0 Å². The van der Waals surface area contributed by atoms with Gasteiger partial charge >= 0.3 is 0 Å². The van der Waals surface area contributed by atoms with Crippen LogP contribution in [0, 0.1) is 0 Å². The minimum absolute atomic E-state index is 0.0596. The molecule has 4 rings (SSSR count). The Hall–Kier alpha value is -2.43. The van der Waals surface area contributed by atoms with Crippen LogP contribution in [0.1, 0.15) is 24.5 Å². The predicted molar refractivity (Wildman–Crippen MR) is 83.7 cm³/mol. The second kappa shape index (κ2) is 5.40. The van der Waals surface area contributed by atoms with E-state index >= 15 is 0 Å². The van der Waals surface area contributed by atoms with Gasteiger partial charge in [-0.15, -0.1) is 0 Å². The van der Waals surface area contributed by atoms with Gasteiger partial charge in [-0.3, -0.25) is 9.78 Å². The van der Waals surface area contributed by atoms with Gasteiger partial charge < -0.3 is 9.64 Å². The number of carbonyl (C=O) groups excluding carboxylic acids is 1. The molecule has 5 heteroatoms. The molecule has 2 atom stereocenters. The number of likely N-dealkylation sites (tertiary alicyclic amines) is 1. The standard InChI is InChI=1S/C17H17N3O2/c21-17(20-7-3-4-8-20)15-16(22-11-19-15)13-9-12-5-1-2-6-14(12)18-10-13/h1-2,5-6,9-11,15-16H,3-4,7-8H2/t15-,16+/m0/s1. The number of hydrogen-bond donors (Lipinski definition) is 0. The summed E-state index contributed by atoms with van der Waals surface area (Å²) in [6.45, 7) is 1.65. The van der Waals surface area contributed by atoms with Gasteiger partial charge in [0.15, 0.2) is 18.5 Å². The first-order valence-electron chi connectivity index (χ1n) is 7.63. The van der Waals surface area contributed by atoms with Crippen molar-refractivity contribution in [1.29, 1.82) is 0 Å². The third-order valence-corrected chi connectivity index (χ3v) is 4.33. The molecule has 0 N–H and O–H groups in total. The minimum atomic E-state index is -0.485. The van der Waals surface area contributed by atoms with E-state index in [9.17, 15) is 4.79 Å². The normalized spacial score (nSPS) is 23.9. The van der Waals surface area contributed by atoms with Crippen LogP contribution in [0.3, 0.4) is 0 Å². The zero-order valence-electron chi connectivity index (χ0n) is 12.2. The molecule has 0 bridgehead atoms. The number of rotatable bonds is 2. The molecule has 2 aliphatic heterocycles. The molecule has 0 spiro atoms. The first kappa shape index (κ1) is 13.2. The zero-order chi connectivity index (χ0) is 14.9. The minimum Gasteiger partial charge on any atom is -0.473 e. The van der Waals surface area contributed by atoms with Gasteiger partial charge in [-0.2, -0.15) is 0 Å². The number of aromatic nitrogens is 1. The highest BCUT2D eigenvalue weighted by atomic mass is 16.5. The van der Waals surface area contributed by atoms with Gasteiger partial charge in [0.25, 0.3) is 5.91 Å². The molecular weight excluding hydrogens is 278 g/mol. The quantitative estimate of drug-likeness (QED) is 0.854. The average Bonchev–Trinajstić information content (AvgIpc) is 3.25. The fraction of sp³-hybridized carbons (Fsp3) is 0.353. The Bertz CT molecular complexity index is 738. The highest BCUT2D eigenvalue weighted by Gasteiger charge is 2.37. The molecule has 5 nitrogen and oxygen atoms in total. The van der Waals surface area contributed by atoms with Gasteiger partial charge in [-0.1, -0.05) is 18.2 Å². The summed E-state index contributed by atoms with van der Waals surface area (Å²) in [6.07, 6.45) is 4.96. The summed E-state index contributed by atoms with van der Waals surface area (Å²) in [7, 11) is 0. The molecule has 2 aromatic rings. The molecule has 3 heterocycles. The zero-order valence-corrected chi connectivity index (χ0v) is 12.2. The molecule has 1 aromatic heterocycles. The summed E-state index contributed by atoms with van der Waals surface area (Å²) < 4.78 is 5.60. The van der Waals surface area contributed by atoms with E-state index < -0.39 is 6.04 Å². The maximum absolute atomic E-state index is 12.6. The van der Waals surface area contributed by atoms with E-state index in [2.05, 4.69) is 9.98 Å². The number of nitrogens with zero attached hydrogens (tertiary/aromatic N) is 3. The fourth-order valence-electron chi connectivity index (χ4n) is 3.14. The van der Waals surface area contributed by atoms with Crippen LogP contribution in [0.4, 0.5) is 0 Å². The molecule has 2 aliphatic rings. The fourth-order valence-corrected chi connectivity index (χ4v) is 3.14. The highest BCUT2D eigenvalue weighted by Crippen LogP contribution is 2.30. The number of para-hydroxylation sites is 1. The number of hydrogen-bond acceptors (Lipinski definition) is 4. The maximum atomic E-state index is 12.6. The van der Waals surface area contributed by atoms with Gasteiger partial charge in [-0.05, 0) is 25.0 Å². The molecule has 0 saturated carbocycles. The largest absolute Gasteiger partial charge is 0.473 e. The summed E-state index contributed by atoms with van der Waals surface area (Å²) in [5.74, 6) is 0.0596. The lowest BCUT2D eigenvalue weighted by Crippen LogP contribution is -2.38. The Balaban J connectivity index is 1.63. The van der Waals surface area contributed by atoms with E-state index in [0.29, 0.717) is 0 Å². The van der Waals surface area contributed by atoms with Crippen LogP contribution < -0.4 is 0 Å². The van der Waals surface area contributed by atoms with E-state index in [0.717, 1.165) is 42.4 Å². The molecule has 0 aliphatic carbocycles. The van der Waals surface area contributed by atoms with Crippen LogP contribution in [-0.4, -0.2) is 41.3 Å². The molecule has 1 saturated heterocycles.